The SMILES string of the molecule is CN(CCNC(=O)c1ccc(CN)o1)C1CC1. The topological polar surface area (TPSA) is 71.5 Å². The van der Waals surface area contributed by atoms with E-state index in [-0.39, 0.29) is 5.91 Å². The molecular formula is C12H19N3O2. The van der Waals surface area contributed by atoms with E-state index < -0.39 is 0 Å². The predicted octanol–water partition coefficient (Wildman–Crippen LogP) is 0.562. The van der Waals surface area contributed by atoms with Crippen molar-refractivity contribution in [2.75, 3.05) is 20.1 Å². The van der Waals surface area contributed by atoms with Gasteiger partial charge in [-0.15, -0.1) is 0 Å². The smallest absolute Gasteiger partial charge is 0.287 e. The maximum Gasteiger partial charge on any atom is 0.287 e. The van der Waals surface area contributed by atoms with E-state index in [4.69, 9.17) is 10.2 Å². The number of amides is 1. The third kappa shape index (κ3) is 3.31. The predicted molar refractivity (Wildman–Crippen MR) is 64.6 cm³/mol. The summed E-state index contributed by atoms with van der Waals surface area (Å²) in [5.74, 6) is 0.790. The van der Waals surface area contributed by atoms with Gasteiger partial charge >= 0.3 is 0 Å². The van der Waals surface area contributed by atoms with Crippen LogP contribution in [-0.4, -0.2) is 37.0 Å². The van der Waals surface area contributed by atoms with Crippen LogP contribution in [0.4, 0.5) is 0 Å². The summed E-state index contributed by atoms with van der Waals surface area (Å²) in [6.45, 7) is 1.84. The van der Waals surface area contributed by atoms with Gasteiger partial charge in [0.1, 0.15) is 5.76 Å². The van der Waals surface area contributed by atoms with Gasteiger partial charge in [0.2, 0.25) is 0 Å². The van der Waals surface area contributed by atoms with E-state index >= 15 is 0 Å². The van der Waals surface area contributed by atoms with E-state index in [2.05, 4.69) is 17.3 Å². The molecule has 0 bridgehead atoms. The van der Waals surface area contributed by atoms with E-state index in [1.165, 1.54) is 12.8 Å². The molecule has 0 aromatic carbocycles. The van der Waals surface area contributed by atoms with Crippen LogP contribution in [0.25, 0.3) is 0 Å². The molecule has 1 aromatic heterocycles. The lowest BCUT2D eigenvalue weighted by Crippen LogP contribution is -2.33. The van der Waals surface area contributed by atoms with Crippen LogP contribution in [0, 0.1) is 0 Å². The quantitative estimate of drug-likeness (QED) is 0.758. The lowest BCUT2D eigenvalue weighted by molar-refractivity contribution is 0.0920. The summed E-state index contributed by atoms with van der Waals surface area (Å²) in [6.07, 6.45) is 2.56. The van der Waals surface area contributed by atoms with E-state index in [1.807, 2.05) is 0 Å². The first-order valence-electron chi connectivity index (χ1n) is 5.98. The molecule has 5 heteroatoms. The number of hydrogen-bond donors (Lipinski definition) is 2. The first-order valence-corrected chi connectivity index (χ1v) is 5.98. The molecule has 1 amide bonds. The Morgan fingerprint density at radius 2 is 2.35 bits per heavy atom. The molecule has 3 N–H and O–H groups in total. The average Bonchev–Trinajstić information content (AvgIpc) is 3.06. The van der Waals surface area contributed by atoms with Gasteiger partial charge in [0.15, 0.2) is 5.76 Å². The number of carbonyl (C=O) groups is 1. The molecule has 1 aromatic rings. The lowest BCUT2D eigenvalue weighted by atomic mass is 10.4. The first-order chi connectivity index (χ1) is 8.20. The molecule has 0 atom stereocenters. The van der Waals surface area contributed by atoms with Gasteiger partial charge in [-0.05, 0) is 32.0 Å². The zero-order valence-electron chi connectivity index (χ0n) is 10.1. The minimum absolute atomic E-state index is 0.172. The molecule has 1 saturated carbocycles. The van der Waals surface area contributed by atoms with Crippen molar-refractivity contribution in [2.24, 2.45) is 5.73 Å². The zero-order chi connectivity index (χ0) is 12.3. The fraction of sp³-hybridized carbons (Fsp3) is 0.583. The molecule has 1 heterocycles. The maximum absolute atomic E-state index is 11.7. The van der Waals surface area contributed by atoms with E-state index in [0.717, 1.165) is 12.6 Å². The van der Waals surface area contributed by atoms with Gasteiger partial charge in [-0.1, -0.05) is 0 Å². The van der Waals surface area contributed by atoms with Gasteiger partial charge in [-0.3, -0.25) is 4.79 Å². The molecule has 1 aliphatic rings. The molecule has 0 radical (unpaired) electrons. The summed E-state index contributed by atoms with van der Waals surface area (Å²) in [5.41, 5.74) is 5.41. The second-order valence-corrected chi connectivity index (χ2v) is 4.44. The van der Waals surface area contributed by atoms with Crippen molar-refractivity contribution >= 4 is 5.91 Å². The molecule has 0 aliphatic heterocycles. The monoisotopic (exact) mass is 237 g/mol. The van der Waals surface area contributed by atoms with Crippen LogP contribution in [-0.2, 0) is 6.54 Å². The van der Waals surface area contributed by atoms with Gasteiger partial charge in [0, 0.05) is 19.1 Å². The molecule has 1 fully saturated rings. The third-order valence-electron chi connectivity index (χ3n) is 3.01. The Kier molecular flexibility index (Phi) is 3.81. The van der Waals surface area contributed by atoms with Gasteiger partial charge < -0.3 is 20.4 Å². The zero-order valence-corrected chi connectivity index (χ0v) is 10.1. The number of carbonyl (C=O) groups excluding carboxylic acids is 1. The molecule has 0 spiro atoms. The van der Waals surface area contributed by atoms with Crippen LogP contribution in [0.3, 0.4) is 0 Å². The number of hydrogen-bond acceptors (Lipinski definition) is 4. The maximum atomic E-state index is 11.7. The molecule has 2 rings (SSSR count). The Balaban J connectivity index is 1.72. The summed E-state index contributed by atoms with van der Waals surface area (Å²) >= 11 is 0. The Labute approximate surface area is 101 Å². The molecule has 0 unspecified atom stereocenters. The molecule has 5 nitrogen and oxygen atoms in total. The van der Waals surface area contributed by atoms with Crippen molar-refractivity contribution < 1.29 is 9.21 Å². The highest BCUT2D eigenvalue weighted by Crippen LogP contribution is 2.24. The molecular weight excluding hydrogens is 218 g/mol. The number of nitrogens with two attached hydrogens (primary N) is 1. The van der Waals surface area contributed by atoms with E-state index in [1.54, 1.807) is 12.1 Å². The number of rotatable bonds is 6. The van der Waals surface area contributed by atoms with Crippen molar-refractivity contribution in [3.8, 4) is 0 Å². The highest BCUT2D eigenvalue weighted by molar-refractivity contribution is 5.91. The summed E-state index contributed by atoms with van der Waals surface area (Å²) in [6, 6.07) is 4.10. The lowest BCUT2D eigenvalue weighted by Gasteiger charge is -2.15. The number of furan rings is 1. The van der Waals surface area contributed by atoms with Crippen LogP contribution >= 0.6 is 0 Å². The third-order valence-corrected chi connectivity index (χ3v) is 3.01. The number of nitrogens with one attached hydrogen (secondary N) is 1. The Morgan fingerprint density at radius 1 is 1.59 bits per heavy atom. The minimum atomic E-state index is -0.172. The summed E-state index contributed by atoms with van der Waals surface area (Å²) in [7, 11) is 2.09. The largest absolute Gasteiger partial charge is 0.455 e. The fourth-order valence-corrected chi connectivity index (χ4v) is 1.74. The van der Waals surface area contributed by atoms with Crippen molar-refractivity contribution in [1.82, 2.24) is 10.2 Å². The van der Waals surface area contributed by atoms with Crippen LogP contribution in [0.15, 0.2) is 16.5 Å². The van der Waals surface area contributed by atoms with Crippen molar-refractivity contribution in [2.45, 2.75) is 25.4 Å². The molecule has 17 heavy (non-hydrogen) atoms. The normalized spacial score (nSPS) is 15.2. The molecule has 0 saturated heterocycles. The Bertz CT molecular complexity index is 385. The Morgan fingerprint density at radius 3 is 2.94 bits per heavy atom. The summed E-state index contributed by atoms with van der Waals surface area (Å²) in [5, 5.41) is 2.83. The van der Waals surface area contributed by atoms with Crippen LogP contribution < -0.4 is 11.1 Å². The van der Waals surface area contributed by atoms with Crippen molar-refractivity contribution in [3.63, 3.8) is 0 Å². The van der Waals surface area contributed by atoms with Crippen molar-refractivity contribution in [3.05, 3.63) is 23.7 Å². The number of likely N-dealkylation sites (N-methyl/N-ethyl adjacent to an activating group) is 1. The number of nitrogens with zero attached hydrogens (tertiary/aromatic N) is 1. The standard InChI is InChI=1S/C12H19N3O2/c1-15(9-2-3-9)7-6-14-12(16)11-5-4-10(8-13)17-11/h4-5,9H,2-3,6-8,13H2,1H3,(H,14,16). The Hall–Kier alpha value is -1.33. The van der Waals surface area contributed by atoms with Gasteiger partial charge in [-0.2, -0.15) is 0 Å². The van der Waals surface area contributed by atoms with Crippen LogP contribution in [0.2, 0.25) is 0 Å². The van der Waals surface area contributed by atoms with Gasteiger partial charge in [0.05, 0.1) is 6.54 Å². The molecule has 94 valence electrons. The highest BCUT2D eigenvalue weighted by Gasteiger charge is 2.25. The average molecular weight is 237 g/mol. The second kappa shape index (κ2) is 5.33. The van der Waals surface area contributed by atoms with E-state index in [0.29, 0.717) is 24.6 Å². The molecule has 1 aliphatic carbocycles. The van der Waals surface area contributed by atoms with Crippen LogP contribution in [0.5, 0.6) is 0 Å². The first kappa shape index (κ1) is 12.1. The van der Waals surface area contributed by atoms with Gasteiger partial charge in [0.25, 0.3) is 5.91 Å². The van der Waals surface area contributed by atoms with E-state index in [9.17, 15) is 4.79 Å². The fourth-order valence-electron chi connectivity index (χ4n) is 1.74. The van der Waals surface area contributed by atoms with Gasteiger partial charge in [-0.25, -0.2) is 0 Å². The second-order valence-electron chi connectivity index (χ2n) is 4.44. The van der Waals surface area contributed by atoms with Crippen molar-refractivity contribution in [1.29, 1.82) is 0 Å². The minimum Gasteiger partial charge on any atom is -0.455 e. The highest BCUT2D eigenvalue weighted by atomic mass is 16.4. The summed E-state index contributed by atoms with van der Waals surface area (Å²) < 4.78 is 5.26. The summed E-state index contributed by atoms with van der Waals surface area (Å²) in [4.78, 5) is 13.9. The van der Waals surface area contributed by atoms with Crippen LogP contribution in [0.1, 0.15) is 29.2 Å².